The summed E-state index contributed by atoms with van der Waals surface area (Å²) in [5, 5.41) is 9.40. The molecule has 19 heavy (non-hydrogen) atoms. The molecule has 0 spiro atoms. The van der Waals surface area contributed by atoms with Crippen LogP contribution in [0, 0.1) is 23.3 Å². The lowest BCUT2D eigenvalue weighted by Crippen LogP contribution is -2.19. The van der Waals surface area contributed by atoms with E-state index >= 15 is 0 Å². The first-order valence-corrected chi connectivity index (χ1v) is 5.84. The first-order chi connectivity index (χ1) is 8.99. The molecule has 0 saturated carbocycles. The molecule has 1 aliphatic heterocycles. The van der Waals surface area contributed by atoms with Crippen LogP contribution in [0.5, 0.6) is 0 Å². The van der Waals surface area contributed by atoms with Gasteiger partial charge >= 0.3 is 0 Å². The van der Waals surface area contributed by atoms with Gasteiger partial charge < -0.3 is 5.32 Å². The van der Waals surface area contributed by atoms with Crippen LogP contribution in [-0.4, -0.2) is 23.0 Å². The van der Waals surface area contributed by atoms with Gasteiger partial charge in [-0.2, -0.15) is 5.10 Å². The number of amidine groups is 1. The topological polar surface area (TPSA) is 53.8 Å². The molecule has 100 valence electrons. The fourth-order valence-electron chi connectivity index (χ4n) is 1.21. The lowest BCUT2D eigenvalue weighted by Gasteiger charge is -2.00. The normalized spacial score (nSPS) is 17.5. The summed E-state index contributed by atoms with van der Waals surface area (Å²) in [6.45, 7) is 0. The highest BCUT2D eigenvalue weighted by molar-refractivity contribution is 8.15. The van der Waals surface area contributed by atoms with Crippen LogP contribution in [0.25, 0.3) is 0 Å². The Morgan fingerprint density at radius 2 is 1.95 bits per heavy atom. The minimum atomic E-state index is -1.92. The zero-order valence-electron chi connectivity index (χ0n) is 9.08. The van der Waals surface area contributed by atoms with Gasteiger partial charge in [0.1, 0.15) is 0 Å². The second kappa shape index (κ2) is 5.39. The van der Waals surface area contributed by atoms with E-state index in [0.29, 0.717) is 6.07 Å². The summed E-state index contributed by atoms with van der Waals surface area (Å²) in [4.78, 5) is 10.8. The Labute approximate surface area is 108 Å². The molecule has 0 bridgehead atoms. The van der Waals surface area contributed by atoms with Crippen molar-refractivity contribution in [2.45, 2.75) is 0 Å². The fourth-order valence-corrected chi connectivity index (χ4v) is 1.84. The van der Waals surface area contributed by atoms with E-state index in [0.717, 1.165) is 18.0 Å². The number of nitrogens with one attached hydrogen (secondary N) is 1. The molecule has 4 nitrogen and oxygen atoms in total. The molecule has 1 amide bonds. The molecule has 9 heteroatoms. The number of rotatable bonds is 2. The largest absolute Gasteiger partial charge is 0.303 e. The highest BCUT2D eigenvalue weighted by atomic mass is 32.2. The molecule has 1 saturated heterocycles. The maximum absolute atomic E-state index is 13.2. The first kappa shape index (κ1) is 13.5. The molecular weight excluding hydrogens is 286 g/mol. The van der Waals surface area contributed by atoms with Gasteiger partial charge in [0.25, 0.3) is 0 Å². The number of nitrogens with zero attached hydrogens (tertiary/aromatic N) is 2. The summed E-state index contributed by atoms with van der Waals surface area (Å²) in [6, 6.07) is 0.456. The van der Waals surface area contributed by atoms with Gasteiger partial charge in [-0.3, -0.25) is 4.79 Å². The smallest absolute Gasteiger partial charge is 0.236 e. The molecule has 1 aromatic carbocycles. The minimum Gasteiger partial charge on any atom is -0.303 e. The number of carbonyl (C=O) groups is 1. The SMILES string of the molecule is O=C1CSC(=NN=Cc2cc(F)c(F)c(F)c2F)N1. The van der Waals surface area contributed by atoms with Crippen molar-refractivity contribution in [3.05, 3.63) is 34.9 Å². The molecule has 0 atom stereocenters. The molecule has 0 unspecified atom stereocenters. The molecule has 1 aromatic rings. The molecular formula is C10H5F4N3OS. The second-order valence-electron chi connectivity index (χ2n) is 3.38. The van der Waals surface area contributed by atoms with Crippen molar-refractivity contribution in [1.82, 2.24) is 5.32 Å². The van der Waals surface area contributed by atoms with Crippen molar-refractivity contribution in [2.24, 2.45) is 10.2 Å². The van der Waals surface area contributed by atoms with Gasteiger partial charge in [-0.25, -0.2) is 17.6 Å². The number of hydrogen-bond acceptors (Lipinski definition) is 4. The van der Waals surface area contributed by atoms with Gasteiger partial charge in [0.2, 0.25) is 5.91 Å². The van der Waals surface area contributed by atoms with Gasteiger partial charge in [0.15, 0.2) is 28.4 Å². The average Bonchev–Trinajstić information content (AvgIpc) is 2.79. The average molecular weight is 291 g/mol. The summed E-state index contributed by atoms with van der Waals surface area (Å²) in [7, 11) is 0. The minimum absolute atomic E-state index is 0.183. The molecule has 1 aliphatic rings. The van der Waals surface area contributed by atoms with Gasteiger partial charge in [-0.1, -0.05) is 11.8 Å². The lowest BCUT2D eigenvalue weighted by molar-refractivity contribution is -0.116. The van der Waals surface area contributed by atoms with Crippen LogP contribution in [0.15, 0.2) is 16.3 Å². The highest BCUT2D eigenvalue weighted by Gasteiger charge is 2.18. The molecule has 0 aromatic heterocycles. The van der Waals surface area contributed by atoms with Crippen molar-refractivity contribution in [1.29, 1.82) is 0 Å². The number of carbonyl (C=O) groups excluding carboxylic acids is 1. The Morgan fingerprint density at radius 1 is 1.21 bits per heavy atom. The third kappa shape index (κ3) is 2.92. The van der Waals surface area contributed by atoms with E-state index in [-0.39, 0.29) is 16.8 Å². The molecule has 1 heterocycles. The van der Waals surface area contributed by atoms with Crippen LogP contribution in [0.4, 0.5) is 17.6 Å². The number of amides is 1. The predicted octanol–water partition coefficient (Wildman–Crippen LogP) is 1.80. The van der Waals surface area contributed by atoms with E-state index in [1.165, 1.54) is 0 Å². The summed E-state index contributed by atoms with van der Waals surface area (Å²) < 4.78 is 51.6. The van der Waals surface area contributed by atoms with Gasteiger partial charge in [0.05, 0.1) is 12.0 Å². The third-order valence-corrected chi connectivity index (χ3v) is 2.93. The maximum atomic E-state index is 13.2. The fraction of sp³-hybridized carbons (Fsp3) is 0.100. The van der Waals surface area contributed by atoms with Crippen LogP contribution in [0.2, 0.25) is 0 Å². The van der Waals surface area contributed by atoms with Crippen molar-refractivity contribution >= 4 is 29.1 Å². The maximum Gasteiger partial charge on any atom is 0.236 e. The summed E-state index contributed by atoms with van der Waals surface area (Å²) in [6.07, 6.45) is 0.721. The van der Waals surface area contributed by atoms with E-state index in [9.17, 15) is 22.4 Å². The number of thioether (sulfide) groups is 1. The number of benzene rings is 1. The zero-order chi connectivity index (χ0) is 14.0. The van der Waals surface area contributed by atoms with Crippen molar-refractivity contribution in [2.75, 3.05) is 5.75 Å². The molecule has 0 aliphatic carbocycles. The van der Waals surface area contributed by atoms with E-state index in [1.807, 2.05) is 0 Å². The summed E-state index contributed by atoms with van der Waals surface area (Å²) >= 11 is 1.07. The molecule has 0 radical (unpaired) electrons. The van der Waals surface area contributed by atoms with E-state index < -0.39 is 28.8 Å². The Hall–Kier alpha value is -1.90. The Bertz CT molecular complexity index is 603. The predicted molar refractivity (Wildman–Crippen MR) is 61.9 cm³/mol. The van der Waals surface area contributed by atoms with Gasteiger partial charge in [-0.15, -0.1) is 5.10 Å². The van der Waals surface area contributed by atoms with E-state index in [2.05, 4.69) is 15.5 Å². The van der Waals surface area contributed by atoms with E-state index in [4.69, 9.17) is 0 Å². The van der Waals surface area contributed by atoms with Crippen molar-refractivity contribution in [3.63, 3.8) is 0 Å². The number of halogens is 4. The zero-order valence-corrected chi connectivity index (χ0v) is 9.90. The van der Waals surface area contributed by atoms with Gasteiger partial charge in [-0.05, 0) is 6.07 Å². The van der Waals surface area contributed by atoms with Crippen LogP contribution in [0.3, 0.4) is 0 Å². The van der Waals surface area contributed by atoms with E-state index in [1.54, 1.807) is 0 Å². The molecule has 1 N–H and O–H groups in total. The van der Waals surface area contributed by atoms with Crippen molar-refractivity contribution in [3.8, 4) is 0 Å². The Morgan fingerprint density at radius 3 is 2.58 bits per heavy atom. The van der Waals surface area contributed by atoms with Crippen molar-refractivity contribution < 1.29 is 22.4 Å². The quantitative estimate of drug-likeness (QED) is 0.297. The highest BCUT2D eigenvalue weighted by Crippen LogP contribution is 2.17. The summed E-state index contributed by atoms with van der Waals surface area (Å²) in [5.41, 5.74) is -0.588. The Balaban J connectivity index is 2.22. The van der Waals surface area contributed by atoms with Gasteiger partial charge in [0, 0.05) is 5.56 Å². The summed E-state index contributed by atoms with van der Waals surface area (Å²) in [5.74, 6) is -6.98. The van der Waals surface area contributed by atoms with Crippen LogP contribution >= 0.6 is 11.8 Å². The standard InChI is InChI=1S/C10H5F4N3OS/c11-5-1-4(7(12)9(14)8(5)13)2-15-17-10-16-6(18)3-19-10/h1-2H,3H2,(H,16,17,18). The van der Waals surface area contributed by atoms with Crippen LogP contribution < -0.4 is 5.32 Å². The number of hydrogen-bond donors (Lipinski definition) is 1. The molecule has 2 rings (SSSR count). The lowest BCUT2D eigenvalue weighted by atomic mass is 10.2. The van der Waals surface area contributed by atoms with Crippen LogP contribution in [0.1, 0.15) is 5.56 Å². The third-order valence-electron chi connectivity index (χ3n) is 2.06. The van der Waals surface area contributed by atoms with Crippen LogP contribution in [-0.2, 0) is 4.79 Å². The molecule has 1 fully saturated rings. The monoisotopic (exact) mass is 291 g/mol. The second-order valence-corrected chi connectivity index (χ2v) is 4.34. The first-order valence-electron chi connectivity index (χ1n) is 4.85. The Kier molecular flexibility index (Phi) is 3.84.